The number of aromatic nitrogens is 1. The zero-order valence-electron chi connectivity index (χ0n) is 11.7. The van der Waals surface area contributed by atoms with E-state index in [4.69, 9.17) is 0 Å². The second-order valence-electron chi connectivity index (χ2n) is 5.01. The summed E-state index contributed by atoms with van der Waals surface area (Å²) in [5.74, 6) is 0. The van der Waals surface area contributed by atoms with Crippen LogP contribution in [0.2, 0.25) is 0 Å². The van der Waals surface area contributed by atoms with Crippen molar-refractivity contribution in [1.29, 1.82) is 0 Å². The van der Waals surface area contributed by atoms with E-state index in [-0.39, 0.29) is 0 Å². The van der Waals surface area contributed by atoms with Gasteiger partial charge in [-0.25, -0.2) is 0 Å². The summed E-state index contributed by atoms with van der Waals surface area (Å²) in [6.07, 6.45) is 0.955. The van der Waals surface area contributed by atoms with Gasteiger partial charge in [-0.15, -0.1) is 0 Å². The third kappa shape index (κ3) is 1.88. The maximum absolute atomic E-state index is 11.2. The van der Waals surface area contributed by atoms with E-state index in [0.717, 1.165) is 34.5 Å². The Morgan fingerprint density at radius 3 is 1.89 bits per heavy atom. The molecule has 0 N–H and O–H groups in total. The molecule has 94 valence electrons. The number of benzene rings is 1. The Balaban J connectivity index is 2.75. The molecule has 0 radical (unpaired) electrons. The predicted octanol–water partition coefficient (Wildman–Crippen LogP) is 3.83. The van der Waals surface area contributed by atoms with E-state index in [9.17, 15) is 4.79 Å². The van der Waals surface area contributed by atoms with Gasteiger partial charge in [-0.1, -0.05) is 6.07 Å². The molecule has 2 aromatic rings. The molecular weight excluding hydrogens is 222 g/mol. The molecule has 0 bridgehead atoms. The van der Waals surface area contributed by atoms with Crippen LogP contribution < -0.4 is 0 Å². The third-order valence-corrected chi connectivity index (χ3v) is 3.59. The number of nitrogens with zero attached hydrogens (tertiary/aromatic N) is 1. The number of rotatable bonds is 2. The first kappa shape index (κ1) is 12.6. The smallest absolute Gasteiger partial charge is 0.152 e. The lowest BCUT2D eigenvalue weighted by Gasteiger charge is -2.11. The molecule has 1 heterocycles. The number of aryl methyl sites for hydroxylation is 2. The predicted molar refractivity (Wildman–Crippen MR) is 74.8 cm³/mol. The van der Waals surface area contributed by atoms with Gasteiger partial charge in [-0.2, -0.15) is 0 Å². The first-order chi connectivity index (χ1) is 8.45. The van der Waals surface area contributed by atoms with Crippen LogP contribution >= 0.6 is 0 Å². The fraction of sp³-hybridized carbons (Fsp3) is 0.312. The summed E-state index contributed by atoms with van der Waals surface area (Å²) in [4.78, 5) is 11.2. The first-order valence-corrected chi connectivity index (χ1v) is 6.18. The highest BCUT2D eigenvalue weighted by Crippen LogP contribution is 2.25. The average molecular weight is 241 g/mol. The summed E-state index contributed by atoms with van der Waals surface area (Å²) in [6, 6.07) is 6.47. The fourth-order valence-corrected chi connectivity index (χ4v) is 2.65. The molecule has 0 aliphatic heterocycles. The van der Waals surface area contributed by atoms with Crippen LogP contribution in [0.1, 0.15) is 38.4 Å². The molecule has 0 atom stereocenters. The van der Waals surface area contributed by atoms with Crippen molar-refractivity contribution in [2.45, 2.75) is 34.6 Å². The molecule has 0 spiro atoms. The topological polar surface area (TPSA) is 22.0 Å². The third-order valence-electron chi connectivity index (χ3n) is 3.59. The molecule has 2 rings (SSSR count). The molecule has 18 heavy (non-hydrogen) atoms. The van der Waals surface area contributed by atoms with Crippen molar-refractivity contribution in [2.75, 3.05) is 0 Å². The van der Waals surface area contributed by atoms with Gasteiger partial charge in [0.25, 0.3) is 0 Å². The van der Waals surface area contributed by atoms with Gasteiger partial charge in [0.1, 0.15) is 0 Å². The van der Waals surface area contributed by atoms with Crippen LogP contribution in [0.5, 0.6) is 0 Å². The Morgan fingerprint density at radius 1 is 0.889 bits per heavy atom. The Labute approximate surface area is 108 Å². The number of carbonyl (C=O) groups excluding carboxylic acids is 1. The number of hydrogen-bond donors (Lipinski definition) is 0. The molecule has 1 aromatic heterocycles. The van der Waals surface area contributed by atoms with Crippen molar-refractivity contribution in [3.8, 4) is 5.69 Å². The monoisotopic (exact) mass is 241 g/mol. The molecule has 0 saturated heterocycles. The van der Waals surface area contributed by atoms with Gasteiger partial charge in [-0.05, 0) is 63.4 Å². The highest BCUT2D eigenvalue weighted by Gasteiger charge is 2.15. The number of hydrogen-bond acceptors (Lipinski definition) is 1. The Bertz CT molecular complexity index is 600. The molecule has 0 aliphatic carbocycles. The van der Waals surface area contributed by atoms with Crippen LogP contribution in [-0.4, -0.2) is 10.9 Å². The molecular formula is C16H19NO. The molecule has 2 nitrogen and oxygen atoms in total. The molecule has 0 aliphatic rings. The summed E-state index contributed by atoms with van der Waals surface area (Å²) >= 11 is 0. The summed E-state index contributed by atoms with van der Waals surface area (Å²) in [5.41, 5.74) is 7.65. The van der Waals surface area contributed by atoms with Crippen molar-refractivity contribution in [3.05, 3.63) is 51.8 Å². The van der Waals surface area contributed by atoms with Crippen LogP contribution in [0.4, 0.5) is 0 Å². The maximum atomic E-state index is 11.2. The summed E-state index contributed by atoms with van der Waals surface area (Å²) in [5, 5.41) is 0. The highest BCUT2D eigenvalue weighted by atomic mass is 16.1. The van der Waals surface area contributed by atoms with Crippen LogP contribution in [0, 0.1) is 34.6 Å². The first-order valence-electron chi connectivity index (χ1n) is 6.18. The molecule has 0 amide bonds. The molecule has 2 heteroatoms. The molecule has 0 saturated carbocycles. The van der Waals surface area contributed by atoms with Crippen molar-refractivity contribution >= 4 is 6.29 Å². The van der Waals surface area contributed by atoms with Crippen LogP contribution in [-0.2, 0) is 0 Å². The Hall–Kier alpha value is -1.83. The van der Waals surface area contributed by atoms with E-state index in [1.54, 1.807) is 0 Å². The van der Waals surface area contributed by atoms with Gasteiger partial charge < -0.3 is 4.57 Å². The minimum atomic E-state index is 0.812. The standard InChI is InChI=1S/C16H19NO/c1-10-6-11(2)8-15(7-10)17-13(4)12(3)16(9-18)14(17)5/h6-9H,1-5H3. The van der Waals surface area contributed by atoms with Crippen LogP contribution in [0.25, 0.3) is 5.69 Å². The molecule has 1 aromatic carbocycles. The minimum absolute atomic E-state index is 0.812. The van der Waals surface area contributed by atoms with Crippen molar-refractivity contribution in [3.63, 3.8) is 0 Å². The Morgan fingerprint density at radius 2 is 1.44 bits per heavy atom. The SMILES string of the molecule is Cc1cc(C)cc(-n2c(C)c(C)c(C=O)c2C)c1. The second-order valence-corrected chi connectivity index (χ2v) is 5.01. The van der Waals surface area contributed by atoms with Crippen molar-refractivity contribution in [1.82, 2.24) is 4.57 Å². The Kier molecular flexibility index (Phi) is 3.12. The van der Waals surface area contributed by atoms with Crippen LogP contribution in [0.3, 0.4) is 0 Å². The summed E-state index contributed by atoms with van der Waals surface area (Å²) in [6.45, 7) is 10.3. The van der Waals surface area contributed by atoms with Gasteiger partial charge in [0, 0.05) is 22.6 Å². The van der Waals surface area contributed by atoms with Gasteiger partial charge in [0.2, 0.25) is 0 Å². The minimum Gasteiger partial charge on any atom is -0.317 e. The highest BCUT2D eigenvalue weighted by molar-refractivity contribution is 5.80. The average Bonchev–Trinajstić information content (AvgIpc) is 2.48. The van der Waals surface area contributed by atoms with E-state index in [1.807, 2.05) is 13.8 Å². The van der Waals surface area contributed by atoms with Crippen LogP contribution in [0.15, 0.2) is 18.2 Å². The van der Waals surface area contributed by atoms with E-state index in [2.05, 4.69) is 43.5 Å². The largest absolute Gasteiger partial charge is 0.317 e. The zero-order chi connectivity index (χ0) is 13.4. The lowest BCUT2D eigenvalue weighted by atomic mass is 10.1. The second kappa shape index (κ2) is 4.45. The van der Waals surface area contributed by atoms with Gasteiger partial charge in [0.05, 0.1) is 0 Å². The van der Waals surface area contributed by atoms with Gasteiger partial charge in [-0.3, -0.25) is 4.79 Å². The quantitative estimate of drug-likeness (QED) is 0.732. The number of aldehydes is 1. The van der Waals surface area contributed by atoms with E-state index in [1.165, 1.54) is 11.1 Å². The fourth-order valence-electron chi connectivity index (χ4n) is 2.65. The maximum Gasteiger partial charge on any atom is 0.152 e. The van der Waals surface area contributed by atoms with E-state index in [0.29, 0.717) is 0 Å². The lowest BCUT2D eigenvalue weighted by molar-refractivity contribution is 0.112. The summed E-state index contributed by atoms with van der Waals surface area (Å²) < 4.78 is 2.17. The number of carbonyl (C=O) groups is 1. The summed E-state index contributed by atoms with van der Waals surface area (Å²) in [7, 11) is 0. The normalized spacial score (nSPS) is 10.7. The molecule has 0 unspecified atom stereocenters. The van der Waals surface area contributed by atoms with Gasteiger partial charge in [0.15, 0.2) is 6.29 Å². The zero-order valence-corrected chi connectivity index (χ0v) is 11.7. The van der Waals surface area contributed by atoms with E-state index < -0.39 is 0 Å². The molecule has 0 fully saturated rings. The van der Waals surface area contributed by atoms with Crippen molar-refractivity contribution in [2.24, 2.45) is 0 Å². The van der Waals surface area contributed by atoms with E-state index >= 15 is 0 Å². The van der Waals surface area contributed by atoms with Crippen molar-refractivity contribution < 1.29 is 4.79 Å². The lowest BCUT2D eigenvalue weighted by Crippen LogP contribution is -2.00. The van der Waals surface area contributed by atoms with Gasteiger partial charge >= 0.3 is 0 Å².